The number of ether oxygens (including phenoxy) is 2. The predicted molar refractivity (Wildman–Crippen MR) is 231 cm³/mol. The van der Waals surface area contributed by atoms with E-state index in [1.807, 2.05) is 39.4 Å². The molecule has 10 heteroatoms. The van der Waals surface area contributed by atoms with E-state index in [0.717, 1.165) is 44.9 Å². The van der Waals surface area contributed by atoms with Gasteiger partial charge in [-0.15, -0.1) is 0 Å². The predicted octanol–water partition coefficient (Wildman–Crippen LogP) is 11.6. The number of hydrogen-bond donors (Lipinski definition) is 0. The van der Waals surface area contributed by atoms with Gasteiger partial charge in [-0.25, -0.2) is 0 Å². The molecule has 1 unspecified atom stereocenters. The standard InChI is InChI=1S/C46H80NO8P/c1-6-8-10-12-14-16-18-20-21-22-24-26-28-30-32-34-40-52-42-45(43-54-56(50,51)53-41-39-47(3,4)5)55-46(49)38-35-37-44(48)36-33-31-29-27-25-23-19-17-15-13-11-9-7-2/h15,17,20-21,23,25,29,31,33-34,36,40,45H,6-14,16,18-19,22,24,26-28,30,32,35,37-39,41-43H2,1-5H3/b17-15-,21-20-,25-23-,31-29-,36-33+,40-34+/t45-/m1/s1. The summed E-state index contributed by atoms with van der Waals surface area (Å²) >= 11 is 0. The Morgan fingerprint density at radius 1 is 0.625 bits per heavy atom. The summed E-state index contributed by atoms with van der Waals surface area (Å²) in [6.07, 6.45) is 45.8. The van der Waals surface area contributed by atoms with Crippen LogP contribution in [0.3, 0.4) is 0 Å². The fraction of sp³-hybridized carbons (Fsp3) is 0.696. The van der Waals surface area contributed by atoms with Crippen LogP contribution in [0.2, 0.25) is 0 Å². The number of likely N-dealkylation sites (N-methyl/N-ethyl adjacent to an activating group) is 1. The third-order valence-corrected chi connectivity index (χ3v) is 9.73. The van der Waals surface area contributed by atoms with Crippen LogP contribution >= 0.6 is 7.82 Å². The molecule has 0 saturated carbocycles. The average Bonchev–Trinajstić information content (AvgIpc) is 3.14. The smallest absolute Gasteiger partial charge is 0.306 e. The van der Waals surface area contributed by atoms with E-state index < -0.39 is 26.5 Å². The first-order chi connectivity index (χ1) is 27.0. The van der Waals surface area contributed by atoms with Gasteiger partial charge in [0.05, 0.1) is 34.0 Å². The number of allylic oxidation sites excluding steroid dienone is 11. The highest BCUT2D eigenvalue weighted by molar-refractivity contribution is 7.45. The second-order valence-electron chi connectivity index (χ2n) is 15.4. The van der Waals surface area contributed by atoms with Gasteiger partial charge < -0.3 is 27.9 Å². The van der Waals surface area contributed by atoms with Crippen LogP contribution in [0.25, 0.3) is 0 Å². The quantitative estimate of drug-likeness (QED) is 0.00882. The number of ketones is 1. The third kappa shape index (κ3) is 41.1. The van der Waals surface area contributed by atoms with Crippen LogP contribution < -0.4 is 4.89 Å². The van der Waals surface area contributed by atoms with Crippen LogP contribution in [0.15, 0.2) is 73.1 Å². The molecule has 2 atom stereocenters. The number of nitrogens with zero attached hydrogens (tertiary/aromatic N) is 1. The van der Waals surface area contributed by atoms with Crippen LogP contribution in [-0.4, -0.2) is 69.8 Å². The summed E-state index contributed by atoms with van der Waals surface area (Å²) in [5.74, 6) is -0.650. The van der Waals surface area contributed by atoms with E-state index >= 15 is 0 Å². The van der Waals surface area contributed by atoms with Gasteiger partial charge >= 0.3 is 5.97 Å². The normalized spacial score (nSPS) is 14.3. The average molecular weight is 806 g/mol. The minimum Gasteiger partial charge on any atom is -0.756 e. The molecular formula is C46H80NO8P. The van der Waals surface area contributed by atoms with Crippen molar-refractivity contribution in [3.8, 4) is 0 Å². The number of rotatable bonds is 39. The second kappa shape index (κ2) is 38.0. The van der Waals surface area contributed by atoms with E-state index in [1.54, 1.807) is 12.3 Å². The molecule has 0 fully saturated rings. The van der Waals surface area contributed by atoms with Gasteiger partial charge in [0.1, 0.15) is 19.8 Å². The Hall–Kier alpha value is -2.55. The minimum absolute atomic E-state index is 0.00353. The van der Waals surface area contributed by atoms with Gasteiger partial charge in [0.25, 0.3) is 7.82 Å². The molecule has 0 aromatic rings. The zero-order chi connectivity index (χ0) is 41.4. The summed E-state index contributed by atoms with van der Waals surface area (Å²) in [7, 11) is 1.16. The van der Waals surface area contributed by atoms with Crippen molar-refractivity contribution in [2.45, 2.75) is 161 Å². The Labute approximate surface area is 342 Å². The van der Waals surface area contributed by atoms with Gasteiger partial charge in [0.2, 0.25) is 0 Å². The van der Waals surface area contributed by atoms with E-state index in [0.29, 0.717) is 17.4 Å². The van der Waals surface area contributed by atoms with Gasteiger partial charge in [-0.1, -0.05) is 126 Å². The van der Waals surface area contributed by atoms with E-state index in [9.17, 15) is 19.0 Å². The minimum atomic E-state index is -4.61. The van der Waals surface area contributed by atoms with Crippen LogP contribution in [0.1, 0.15) is 155 Å². The number of hydrogen-bond acceptors (Lipinski definition) is 8. The molecule has 0 aliphatic rings. The first-order valence-electron chi connectivity index (χ1n) is 21.7. The molecule has 0 spiro atoms. The number of unbranched alkanes of at least 4 members (excludes halogenated alkanes) is 14. The molecule has 0 aromatic heterocycles. The molecule has 0 aliphatic carbocycles. The number of phosphoric acid groups is 1. The largest absolute Gasteiger partial charge is 0.756 e. The molecule has 0 heterocycles. The SMILES string of the molecule is CCCCC/C=C\C/C=C\C/C=C\C=C\C(=O)CCCC(=O)O[C@H](CO/C=C/CCCCCC/C=C\CCCCCCCC)COP(=O)([O-])OCC[N+](C)(C)C. The van der Waals surface area contributed by atoms with Gasteiger partial charge in [0.15, 0.2) is 11.9 Å². The molecule has 56 heavy (non-hydrogen) atoms. The van der Waals surface area contributed by atoms with Crippen molar-refractivity contribution in [2.75, 3.05) is 47.5 Å². The molecule has 0 radical (unpaired) electrons. The lowest BCUT2D eigenvalue weighted by atomic mass is 10.1. The Morgan fingerprint density at radius 2 is 1.16 bits per heavy atom. The van der Waals surface area contributed by atoms with Crippen molar-refractivity contribution in [1.29, 1.82) is 0 Å². The number of carbonyl (C=O) groups excluding carboxylic acids is 2. The van der Waals surface area contributed by atoms with Gasteiger partial charge in [0, 0.05) is 12.8 Å². The molecule has 322 valence electrons. The van der Waals surface area contributed by atoms with Gasteiger partial charge in [-0.2, -0.15) is 0 Å². The van der Waals surface area contributed by atoms with E-state index in [4.69, 9.17) is 18.5 Å². The van der Waals surface area contributed by atoms with Crippen LogP contribution in [-0.2, 0) is 32.7 Å². The Morgan fingerprint density at radius 3 is 1.80 bits per heavy atom. The molecule has 0 aliphatic heterocycles. The zero-order valence-electron chi connectivity index (χ0n) is 36.1. The molecule has 0 aromatic carbocycles. The first-order valence-corrected chi connectivity index (χ1v) is 23.1. The maximum atomic E-state index is 12.6. The lowest BCUT2D eigenvalue weighted by Crippen LogP contribution is -2.37. The van der Waals surface area contributed by atoms with Gasteiger partial charge in [-0.05, 0) is 82.8 Å². The Balaban J connectivity index is 4.54. The molecular weight excluding hydrogens is 725 g/mol. The summed E-state index contributed by atoms with van der Waals surface area (Å²) in [4.78, 5) is 37.3. The molecule has 0 bridgehead atoms. The number of carbonyl (C=O) groups is 2. The van der Waals surface area contributed by atoms with Gasteiger partial charge in [-0.3, -0.25) is 14.2 Å². The maximum Gasteiger partial charge on any atom is 0.306 e. The number of quaternary nitrogens is 1. The first kappa shape index (κ1) is 53.5. The Bertz CT molecular complexity index is 1180. The van der Waals surface area contributed by atoms with Crippen molar-refractivity contribution < 1.29 is 42.1 Å². The topological polar surface area (TPSA) is 111 Å². The number of esters is 1. The molecule has 0 N–H and O–H groups in total. The van der Waals surface area contributed by atoms with Crippen molar-refractivity contribution in [2.24, 2.45) is 0 Å². The van der Waals surface area contributed by atoms with Crippen LogP contribution in [0.5, 0.6) is 0 Å². The summed E-state index contributed by atoms with van der Waals surface area (Å²) in [5.41, 5.74) is 0. The zero-order valence-corrected chi connectivity index (χ0v) is 36.9. The summed E-state index contributed by atoms with van der Waals surface area (Å²) in [5, 5.41) is 0. The van der Waals surface area contributed by atoms with Crippen molar-refractivity contribution in [1.82, 2.24) is 0 Å². The summed E-state index contributed by atoms with van der Waals surface area (Å²) in [6, 6.07) is 0. The fourth-order valence-electron chi connectivity index (χ4n) is 5.34. The second-order valence-corrected chi connectivity index (χ2v) is 16.9. The van der Waals surface area contributed by atoms with E-state index in [2.05, 4.69) is 50.3 Å². The van der Waals surface area contributed by atoms with E-state index in [-0.39, 0.29) is 31.8 Å². The van der Waals surface area contributed by atoms with Crippen molar-refractivity contribution in [3.05, 3.63) is 73.1 Å². The molecule has 0 rings (SSSR count). The van der Waals surface area contributed by atoms with Crippen molar-refractivity contribution >= 4 is 19.6 Å². The Kier molecular flexibility index (Phi) is 36.3. The van der Waals surface area contributed by atoms with Crippen molar-refractivity contribution in [3.63, 3.8) is 0 Å². The van der Waals surface area contributed by atoms with Crippen LogP contribution in [0.4, 0.5) is 0 Å². The monoisotopic (exact) mass is 806 g/mol. The summed E-state index contributed by atoms with van der Waals surface area (Å²) < 4.78 is 34.0. The van der Waals surface area contributed by atoms with Crippen LogP contribution in [0, 0.1) is 0 Å². The maximum absolute atomic E-state index is 12.6. The highest BCUT2D eigenvalue weighted by Gasteiger charge is 2.20. The highest BCUT2D eigenvalue weighted by Crippen LogP contribution is 2.38. The molecule has 0 amide bonds. The highest BCUT2D eigenvalue weighted by atomic mass is 31.2. The summed E-state index contributed by atoms with van der Waals surface area (Å²) in [6.45, 7) is 4.39. The molecule has 0 saturated heterocycles. The third-order valence-electron chi connectivity index (χ3n) is 8.77. The fourth-order valence-corrected chi connectivity index (χ4v) is 6.07. The van der Waals surface area contributed by atoms with E-state index in [1.165, 1.54) is 83.1 Å². The molecule has 9 nitrogen and oxygen atoms in total. The number of phosphoric ester groups is 1. The lowest BCUT2D eigenvalue weighted by molar-refractivity contribution is -0.870. The lowest BCUT2D eigenvalue weighted by Gasteiger charge is -2.28.